The lowest BCUT2D eigenvalue weighted by Gasteiger charge is -2.24. The van der Waals surface area contributed by atoms with Gasteiger partial charge in [0.1, 0.15) is 5.69 Å². The maximum Gasteiger partial charge on any atom is 0.269 e. The molecule has 7 nitrogen and oxygen atoms in total. The van der Waals surface area contributed by atoms with Crippen molar-refractivity contribution in [1.82, 2.24) is 20.2 Å². The second kappa shape index (κ2) is 6.29. The van der Waals surface area contributed by atoms with Crippen molar-refractivity contribution in [3.63, 3.8) is 0 Å². The van der Waals surface area contributed by atoms with Crippen molar-refractivity contribution in [2.24, 2.45) is 5.92 Å². The monoisotopic (exact) mass is 304 g/mol. The number of carbonyl (C=O) groups is 2. The first-order chi connectivity index (χ1) is 10.6. The number of aromatic nitrogens is 2. The molecule has 22 heavy (non-hydrogen) atoms. The molecule has 2 N–H and O–H groups in total. The molecule has 1 aromatic heterocycles. The van der Waals surface area contributed by atoms with Crippen LogP contribution in [0.4, 0.5) is 0 Å². The molecule has 1 saturated carbocycles. The van der Waals surface area contributed by atoms with E-state index in [9.17, 15) is 14.4 Å². The molecular formula is C15H20N4O3. The van der Waals surface area contributed by atoms with Gasteiger partial charge >= 0.3 is 0 Å². The van der Waals surface area contributed by atoms with E-state index in [2.05, 4.69) is 15.3 Å². The average molecular weight is 304 g/mol. The summed E-state index contributed by atoms with van der Waals surface area (Å²) in [6, 6.07) is 0.392. The fraction of sp³-hybridized carbons (Fsp3) is 0.600. The van der Waals surface area contributed by atoms with Gasteiger partial charge in [-0.15, -0.1) is 0 Å². The number of carbonyl (C=O) groups excluding carboxylic acids is 2. The third kappa shape index (κ3) is 3.18. The predicted molar refractivity (Wildman–Crippen MR) is 79.3 cm³/mol. The molecule has 1 aromatic rings. The van der Waals surface area contributed by atoms with E-state index in [1.807, 2.05) is 4.90 Å². The van der Waals surface area contributed by atoms with Crippen molar-refractivity contribution in [2.75, 3.05) is 13.1 Å². The normalized spacial score (nSPS) is 22.3. The first-order valence-electron chi connectivity index (χ1n) is 7.75. The van der Waals surface area contributed by atoms with E-state index in [1.54, 1.807) is 0 Å². The minimum absolute atomic E-state index is 0.139. The molecule has 118 valence electrons. The summed E-state index contributed by atoms with van der Waals surface area (Å²) in [5.41, 5.74) is -0.263. The minimum atomic E-state index is -0.406. The van der Waals surface area contributed by atoms with Crippen LogP contribution in [0.25, 0.3) is 0 Å². The molecule has 7 heteroatoms. The number of hydrogen-bond donors (Lipinski definition) is 2. The quantitative estimate of drug-likeness (QED) is 0.836. The lowest BCUT2D eigenvalue weighted by molar-refractivity contribution is -0.129. The third-order valence-corrected chi connectivity index (χ3v) is 4.45. The Hall–Kier alpha value is -2.18. The van der Waals surface area contributed by atoms with Gasteiger partial charge in [0.2, 0.25) is 5.91 Å². The summed E-state index contributed by atoms with van der Waals surface area (Å²) in [7, 11) is 0. The Bertz CT molecular complexity index is 621. The van der Waals surface area contributed by atoms with Gasteiger partial charge in [-0.1, -0.05) is 12.8 Å². The summed E-state index contributed by atoms with van der Waals surface area (Å²) in [4.78, 5) is 43.3. The van der Waals surface area contributed by atoms with Gasteiger partial charge in [0.05, 0.1) is 12.4 Å². The van der Waals surface area contributed by atoms with Crippen LogP contribution in [0.3, 0.4) is 0 Å². The van der Waals surface area contributed by atoms with Gasteiger partial charge < -0.3 is 15.2 Å². The first-order valence-corrected chi connectivity index (χ1v) is 7.75. The molecule has 1 aliphatic heterocycles. The van der Waals surface area contributed by atoms with Crippen molar-refractivity contribution in [3.05, 3.63) is 28.4 Å². The number of hydrogen-bond acceptors (Lipinski definition) is 4. The fourth-order valence-electron chi connectivity index (χ4n) is 3.34. The lowest BCUT2D eigenvalue weighted by Crippen LogP contribution is -2.36. The Balaban J connectivity index is 1.53. The Morgan fingerprint density at radius 2 is 2.09 bits per heavy atom. The van der Waals surface area contributed by atoms with Crippen LogP contribution >= 0.6 is 0 Å². The Kier molecular flexibility index (Phi) is 4.22. The van der Waals surface area contributed by atoms with Gasteiger partial charge in [0.25, 0.3) is 11.5 Å². The number of H-pyrrole nitrogens is 1. The van der Waals surface area contributed by atoms with Gasteiger partial charge in [-0.2, -0.15) is 0 Å². The van der Waals surface area contributed by atoms with Crippen LogP contribution in [-0.4, -0.2) is 45.8 Å². The van der Waals surface area contributed by atoms with E-state index in [4.69, 9.17) is 0 Å². The molecule has 0 bridgehead atoms. The smallest absolute Gasteiger partial charge is 0.269 e. The van der Waals surface area contributed by atoms with E-state index in [1.165, 1.54) is 19.0 Å². The molecule has 0 radical (unpaired) electrons. The second-order valence-corrected chi connectivity index (χ2v) is 6.07. The second-order valence-electron chi connectivity index (χ2n) is 6.07. The number of nitrogens with zero attached hydrogens (tertiary/aromatic N) is 2. The highest BCUT2D eigenvalue weighted by molar-refractivity contribution is 5.91. The van der Waals surface area contributed by atoms with E-state index in [-0.39, 0.29) is 23.4 Å². The van der Waals surface area contributed by atoms with Gasteiger partial charge in [-0.25, -0.2) is 0 Å². The maximum atomic E-state index is 12.1. The highest BCUT2D eigenvalue weighted by atomic mass is 16.2. The van der Waals surface area contributed by atoms with Gasteiger partial charge in [-0.3, -0.25) is 19.4 Å². The third-order valence-electron chi connectivity index (χ3n) is 4.45. The lowest BCUT2D eigenvalue weighted by atomic mass is 10.1. The summed E-state index contributed by atoms with van der Waals surface area (Å²) in [6.07, 6.45) is 7.52. The zero-order valence-corrected chi connectivity index (χ0v) is 12.4. The molecule has 0 aromatic carbocycles. The van der Waals surface area contributed by atoms with Crippen LogP contribution in [0.2, 0.25) is 0 Å². The van der Waals surface area contributed by atoms with E-state index in [0.717, 1.165) is 19.0 Å². The Morgan fingerprint density at radius 3 is 2.82 bits per heavy atom. The molecular weight excluding hydrogens is 284 g/mol. The summed E-state index contributed by atoms with van der Waals surface area (Å²) in [5, 5.41) is 2.77. The summed E-state index contributed by atoms with van der Waals surface area (Å²) < 4.78 is 0. The van der Waals surface area contributed by atoms with E-state index < -0.39 is 5.56 Å². The molecule has 1 aliphatic carbocycles. The average Bonchev–Trinajstić information content (AvgIpc) is 3.14. The molecule has 2 aliphatic rings. The Morgan fingerprint density at radius 1 is 1.32 bits per heavy atom. The SMILES string of the molecule is O=C(NC[C@@H]1CC(=O)N(C2CCCC2)C1)c1cncc(=O)[nH]1. The van der Waals surface area contributed by atoms with Crippen LogP contribution in [0.1, 0.15) is 42.6 Å². The molecule has 1 atom stereocenters. The number of amides is 2. The molecule has 1 saturated heterocycles. The summed E-state index contributed by atoms with van der Waals surface area (Å²) in [6.45, 7) is 1.15. The number of aromatic amines is 1. The van der Waals surface area contributed by atoms with Crippen LogP contribution in [0.5, 0.6) is 0 Å². The van der Waals surface area contributed by atoms with Crippen molar-refractivity contribution in [1.29, 1.82) is 0 Å². The van der Waals surface area contributed by atoms with E-state index in [0.29, 0.717) is 25.6 Å². The molecule has 3 rings (SSSR count). The summed E-state index contributed by atoms with van der Waals surface area (Å²) >= 11 is 0. The maximum absolute atomic E-state index is 12.1. The van der Waals surface area contributed by atoms with Crippen LogP contribution in [-0.2, 0) is 4.79 Å². The van der Waals surface area contributed by atoms with Crippen molar-refractivity contribution in [3.8, 4) is 0 Å². The molecule has 0 spiro atoms. The van der Waals surface area contributed by atoms with Crippen LogP contribution in [0.15, 0.2) is 17.2 Å². The predicted octanol–water partition coefficient (Wildman–Crippen LogP) is 0.291. The summed E-state index contributed by atoms with van der Waals surface area (Å²) in [5.74, 6) is -0.0293. The molecule has 2 heterocycles. The van der Waals surface area contributed by atoms with Gasteiger partial charge in [-0.05, 0) is 12.8 Å². The topological polar surface area (TPSA) is 95.2 Å². The highest BCUT2D eigenvalue weighted by Crippen LogP contribution is 2.29. The standard InChI is InChI=1S/C15H20N4O3/c20-13-8-16-7-12(18-13)15(22)17-6-10-5-14(21)19(9-10)11-3-1-2-4-11/h7-8,10-11H,1-6,9H2,(H,17,22)(H,18,20)/t10-/m0/s1. The van der Waals surface area contributed by atoms with Gasteiger partial charge in [0, 0.05) is 31.5 Å². The zero-order valence-electron chi connectivity index (χ0n) is 12.4. The zero-order chi connectivity index (χ0) is 15.5. The molecule has 2 fully saturated rings. The van der Waals surface area contributed by atoms with Crippen molar-refractivity contribution < 1.29 is 9.59 Å². The highest BCUT2D eigenvalue weighted by Gasteiger charge is 2.35. The van der Waals surface area contributed by atoms with Crippen LogP contribution < -0.4 is 10.9 Å². The van der Waals surface area contributed by atoms with Crippen molar-refractivity contribution >= 4 is 11.8 Å². The first kappa shape index (κ1) is 14.7. The fourth-order valence-corrected chi connectivity index (χ4v) is 3.34. The minimum Gasteiger partial charge on any atom is -0.350 e. The van der Waals surface area contributed by atoms with Gasteiger partial charge in [0.15, 0.2) is 0 Å². The van der Waals surface area contributed by atoms with Crippen molar-refractivity contribution in [2.45, 2.75) is 38.1 Å². The molecule has 0 unspecified atom stereocenters. The number of nitrogens with one attached hydrogen (secondary N) is 2. The van der Waals surface area contributed by atoms with E-state index >= 15 is 0 Å². The number of likely N-dealkylation sites (tertiary alicyclic amines) is 1. The number of rotatable bonds is 4. The van der Waals surface area contributed by atoms with Crippen LogP contribution in [0, 0.1) is 5.92 Å². The Labute approximate surface area is 128 Å². The molecule has 2 amide bonds. The largest absolute Gasteiger partial charge is 0.350 e.